The van der Waals surface area contributed by atoms with Crippen LogP contribution in [0.4, 0.5) is 0 Å². The first-order valence-corrected chi connectivity index (χ1v) is 6.89. The van der Waals surface area contributed by atoms with Crippen LogP contribution in [0.1, 0.15) is 37.0 Å². The second-order valence-corrected chi connectivity index (χ2v) is 5.46. The second-order valence-electron chi connectivity index (χ2n) is 5.46. The third-order valence-corrected chi connectivity index (χ3v) is 3.45. The lowest BCUT2D eigenvalue weighted by atomic mass is 9.98. The minimum Gasteiger partial charge on any atom is -0.490 e. The molecule has 1 fully saturated rings. The topological polar surface area (TPSA) is 26.3 Å². The number of rotatable bonds is 4. The van der Waals surface area contributed by atoms with E-state index in [0.29, 0.717) is 0 Å². The van der Waals surface area contributed by atoms with Crippen LogP contribution in [0, 0.1) is 5.92 Å². The van der Waals surface area contributed by atoms with E-state index in [2.05, 4.69) is 0 Å². The summed E-state index contributed by atoms with van der Waals surface area (Å²) in [4.78, 5) is 12.5. The molecule has 0 N–H and O–H groups in total. The third kappa shape index (κ3) is 2.35. The minimum absolute atomic E-state index is 0.0758. The Balaban J connectivity index is 2.18. The van der Waals surface area contributed by atoms with Crippen molar-refractivity contribution in [1.82, 2.24) is 0 Å². The van der Waals surface area contributed by atoms with Gasteiger partial charge < -0.3 is 4.74 Å². The summed E-state index contributed by atoms with van der Waals surface area (Å²) in [7, 11) is 0. The van der Waals surface area contributed by atoms with Crippen LogP contribution >= 0.6 is 0 Å². The van der Waals surface area contributed by atoms with Crippen LogP contribution in [0.25, 0.3) is 10.8 Å². The van der Waals surface area contributed by atoms with E-state index in [-0.39, 0.29) is 17.8 Å². The molecule has 1 aliphatic rings. The highest BCUT2D eigenvalue weighted by molar-refractivity contribution is 6.12. The van der Waals surface area contributed by atoms with Gasteiger partial charge in [-0.3, -0.25) is 4.79 Å². The van der Waals surface area contributed by atoms with Gasteiger partial charge in [0.15, 0.2) is 5.78 Å². The van der Waals surface area contributed by atoms with Gasteiger partial charge in [-0.25, -0.2) is 0 Å². The average Bonchev–Trinajstić information content (AvgIpc) is 3.21. The maximum absolute atomic E-state index is 12.5. The number of carbonyl (C=O) groups excluding carboxylic acids is 1. The second kappa shape index (κ2) is 4.69. The van der Waals surface area contributed by atoms with Crippen molar-refractivity contribution in [3.05, 3.63) is 42.0 Å². The lowest BCUT2D eigenvalue weighted by molar-refractivity contribution is 0.0963. The van der Waals surface area contributed by atoms with Crippen molar-refractivity contribution in [3.8, 4) is 5.75 Å². The molecule has 3 rings (SSSR count). The molecular weight excluding hydrogens is 236 g/mol. The largest absolute Gasteiger partial charge is 0.490 e. The predicted octanol–water partition coefficient (Wildman–Crippen LogP) is 4.22. The maximum Gasteiger partial charge on any atom is 0.170 e. The maximum atomic E-state index is 12.5. The van der Waals surface area contributed by atoms with Gasteiger partial charge in [0.1, 0.15) is 5.75 Å². The molecule has 0 aliphatic heterocycles. The van der Waals surface area contributed by atoms with Crippen LogP contribution in [-0.4, -0.2) is 11.9 Å². The standard InChI is InChI=1S/C17H18O2/c1-11(2)19-15-10-9-12-5-3-4-6-14(12)16(15)17(18)13-7-8-13/h3-6,9-11,13H,7-8H2,1-2H3. The van der Waals surface area contributed by atoms with E-state index in [1.807, 2.05) is 50.2 Å². The molecule has 0 spiro atoms. The third-order valence-electron chi connectivity index (χ3n) is 3.45. The van der Waals surface area contributed by atoms with Crippen LogP contribution in [0.2, 0.25) is 0 Å². The molecule has 0 radical (unpaired) electrons. The lowest BCUT2D eigenvalue weighted by Gasteiger charge is -2.15. The zero-order valence-corrected chi connectivity index (χ0v) is 11.3. The molecule has 2 aromatic rings. The number of hydrogen-bond acceptors (Lipinski definition) is 2. The lowest BCUT2D eigenvalue weighted by Crippen LogP contribution is -2.11. The smallest absolute Gasteiger partial charge is 0.170 e. The van der Waals surface area contributed by atoms with Crippen LogP contribution in [0.3, 0.4) is 0 Å². The summed E-state index contributed by atoms with van der Waals surface area (Å²) >= 11 is 0. The molecule has 0 aromatic heterocycles. The molecule has 2 aromatic carbocycles. The summed E-state index contributed by atoms with van der Waals surface area (Å²) in [5, 5.41) is 2.11. The molecule has 0 amide bonds. The quantitative estimate of drug-likeness (QED) is 0.764. The highest BCUT2D eigenvalue weighted by atomic mass is 16.5. The van der Waals surface area contributed by atoms with Crippen molar-refractivity contribution < 1.29 is 9.53 Å². The molecule has 19 heavy (non-hydrogen) atoms. The van der Waals surface area contributed by atoms with Crippen LogP contribution in [0.15, 0.2) is 36.4 Å². The van der Waals surface area contributed by atoms with Crippen molar-refractivity contribution in [1.29, 1.82) is 0 Å². The van der Waals surface area contributed by atoms with Crippen molar-refractivity contribution in [3.63, 3.8) is 0 Å². The van der Waals surface area contributed by atoms with Gasteiger partial charge in [0, 0.05) is 5.92 Å². The normalized spacial score (nSPS) is 14.9. The zero-order chi connectivity index (χ0) is 13.4. The molecule has 0 atom stereocenters. The van der Waals surface area contributed by atoms with Crippen molar-refractivity contribution in [2.75, 3.05) is 0 Å². The number of ether oxygens (including phenoxy) is 1. The van der Waals surface area contributed by atoms with Gasteiger partial charge >= 0.3 is 0 Å². The summed E-state index contributed by atoms with van der Waals surface area (Å²) in [5.74, 6) is 1.18. The van der Waals surface area contributed by atoms with E-state index in [0.717, 1.165) is 34.9 Å². The van der Waals surface area contributed by atoms with Crippen LogP contribution in [-0.2, 0) is 0 Å². The first kappa shape index (κ1) is 12.2. The number of hydrogen-bond donors (Lipinski definition) is 0. The van der Waals surface area contributed by atoms with Crippen LogP contribution in [0.5, 0.6) is 5.75 Å². The van der Waals surface area contributed by atoms with Gasteiger partial charge in [-0.2, -0.15) is 0 Å². The van der Waals surface area contributed by atoms with Gasteiger partial charge in [-0.1, -0.05) is 30.3 Å². The van der Waals surface area contributed by atoms with Gasteiger partial charge in [0.25, 0.3) is 0 Å². The van der Waals surface area contributed by atoms with E-state index in [1.165, 1.54) is 0 Å². The Bertz CT molecular complexity index is 624. The van der Waals surface area contributed by atoms with Gasteiger partial charge in [-0.05, 0) is 43.5 Å². The zero-order valence-electron chi connectivity index (χ0n) is 11.3. The van der Waals surface area contributed by atoms with Gasteiger partial charge in [0.05, 0.1) is 11.7 Å². The first-order chi connectivity index (χ1) is 9.16. The van der Waals surface area contributed by atoms with Crippen molar-refractivity contribution in [2.45, 2.75) is 32.8 Å². The molecule has 0 saturated heterocycles. The monoisotopic (exact) mass is 254 g/mol. The Hall–Kier alpha value is -1.83. The molecule has 0 heterocycles. The molecule has 0 unspecified atom stereocenters. The number of Topliss-reactive ketones (excluding diaryl/α,β-unsaturated/α-hetero) is 1. The summed E-state index contributed by atoms with van der Waals surface area (Å²) in [6.45, 7) is 3.97. The summed E-state index contributed by atoms with van der Waals surface area (Å²) in [6, 6.07) is 12.0. The van der Waals surface area contributed by atoms with Crippen molar-refractivity contribution in [2.24, 2.45) is 5.92 Å². The highest BCUT2D eigenvalue weighted by Crippen LogP contribution is 2.38. The van der Waals surface area contributed by atoms with Gasteiger partial charge in [0.2, 0.25) is 0 Å². The fraction of sp³-hybridized carbons (Fsp3) is 0.353. The SMILES string of the molecule is CC(C)Oc1ccc2ccccc2c1C(=O)C1CC1. The molecule has 1 saturated carbocycles. The van der Waals surface area contributed by atoms with Crippen molar-refractivity contribution >= 4 is 16.6 Å². The Morgan fingerprint density at radius 2 is 1.89 bits per heavy atom. The number of fused-ring (bicyclic) bond motifs is 1. The molecular formula is C17H18O2. The molecule has 1 aliphatic carbocycles. The number of carbonyl (C=O) groups is 1. The van der Waals surface area contributed by atoms with E-state index < -0.39 is 0 Å². The fourth-order valence-corrected chi connectivity index (χ4v) is 2.41. The van der Waals surface area contributed by atoms with E-state index in [1.54, 1.807) is 0 Å². The first-order valence-electron chi connectivity index (χ1n) is 6.89. The van der Waals surface area contributed by atoms with Crippen LogP contribution < -0.4 is 4.74 Å². The predicted molar refractivity (Wildman–Crippen MR) is 76.8 cm³/mol. The van der Waals surface area contributed by atoms with Gasteiger partial charge in [-0.15, -0.1) is 0 Å². The van der Waals surface area contributed by atoms with E-state index in [9.17, 15) is 4.79 Å². The number of ketones is 1. The Kier molecular flexibility index (Phi) is 3.02. The molecule has 98 valence electrons. The summed E-state index contributed by atoms with van der Waals surface area (Å²) in [5.41, 5.74) is 0.773. The highest BCUT2D eigenvalue weighted by Gasteiger charge is 2.33. The Morgan fingerprint density at radius 1 is 1.16 bits per heavy atom. The summed E-state index contributed by atoms with van der Waals surface area (Å²) in [6.07, 6.45) is 2.11. The minimum atomic E-state index is 0.0758. The molecule has 2 nitrogen and oxygen atoms in total. The molecule has 2 heteroatoms. The van der Waals surface area contributed by atoms with E-state index >= 15 is 0 Å². The Labute approximate surface area is 113 Å². The summed E-state index contributed by atoms with van der Waals surface area (Å²) < 4.78 is 5.83. The van der Waals surface area contributed by atoms with E-state index in [4.69, 9.17) is 4.74 Å². The molecule has 0 bridgehead atoms. The number of benzene rings is 2. The Morgan fingerprint density at radius 3 is 2.58 bits per heavy atom. The average molecular weight is 254 g/mol. The fourth-order valence-electron chi connectivity index (χ4n) is 2.41.